The first-order valence-electron chi connectivity index (χ1n) is 8.73. The molecule has 1 aromatic carbocycles. The number of hydrogen-bond donors (Lipinski definition) is 0. The number of fused-ring (bicyclic) bond motifs is 2. The minimum absolute atomic E-state index is 0.239. The molecule has 2 bridgehead atoms. The Kier molecular flexibility index (Phi) is 4.29. The number of rotatable bonds is 4. The molecule has 0 aromatic heterocycles. The summed E-state index contributed by atoms with van der Waals surface area (Å²) >= 11 is 0. The summed E-state index contributed by atoms with van der Waals surface area (Å²) in [6, 6.07) is 8.49. The number of amides is 1. The van der Waals surface area contributed by atoms with E-state index in [2.05, 4.69) is 38.1 Å². The fraction of sp³-hybridized carbons (Fsp3) is 0.650. The monoisotopic (exact) mass is 299 g/mol. The normalized spacial score (nSPS) is 30.3. The second kappa shape index (κ2) is 6.06. The van der Waals surface area contributed by atoms with E-state index in [0.717, 1.165) is 24.8 Å². The van der Waals surface area contributed by atoms with Crippen LogP contribution in [0.15, 0.2) is 24.3 Å². The van der Waals surface area contributed by atoms with Crippen molar-refractivity contribution in [3.8, 4) is 0 Å². The van der Waals surface area contributed by atoms with Crippen LogP contribution in [0.5, 0.6) is 0 Å². The lowest BCUT2D eigenvalue weighted by Gasteiger charge is -2.38. The van der Waals surface area contributed by atoms with E-state index in [-0.39, 0.29) is 5.41 Å². The van der Waals surface area contributed by atoms with Crippen LogP contribution in [0.1, 0.15) is 56.6 Å². The van der Waals surface area contributed by atoms with E-state index in [1.807, 2.05) is 11.9 Å². The zero-order valence-corrected chi connectivity index (χ0v) is 14.3. The van der Waals surface area contributed by atoms with E-state index in [4.69, 9.17) is 0 Å². The molecule has 2 aliphatic carbocycles. The molecule has 0 spiro atoms. The number of benzene rings is 1. The van der Waals surface area contributed by atoms with Gasteiger partial charge in [0, 0.05) is 20.0 Å². The van der Waals surface area contributed by atoms with Crippen molar-refractivity contribution >= 4 is 5.91 Å². The number of nitrogens with zero attached hydrogens (tertiary/aromatic N) is 1. The van der Waals surface area contributed by atoms with Crippen molar-refractivity contribution in [2.75, 3.05) is 7.05 Å². The third-order valence-corrected chi connectivity index (χ3v) is 5.76. The maximum absolute atomic E-state index is 12.6. The maximum Gasteiger partial charge on any atom is 0.223 e. The molecule has 0 aliphatic heterocycles. The Labute approximate surface area is 134 Å². The van der Waals surface area contributed by atoms with Crippen LogP contribution in [0.4, 0.5) is 0 Å². The number of aryl methyl sites for hydroxylation is 1. The standard InChI is InChI=1S/C20H29NO/c1-15-4-6-16(7-5-15)14-21(3)19(22)13-20(2)11-17-8-9-18(10-17)12-20/h4-7,17-18H,8-14H2,1-3H3. The van der Waals surface area contributed by atoms with Crippen LogP contribution >= 0.6 is 0 Å². The summed E-state index contributed by atoms with van der Waals surface area (Å²) in [7, 11) is 1.95. The number of carbonyl (C=O) groups excluding carboxylic acids is 1. The van der Waals surface area contributed by atoms with Crippen LogP contribution in [0.2, 0.25) is 0 Å². The van der Waals surface area contributed by atoms with Gasteiger partial charge in [-0.15, -0.1) is 0 Å². The molecular formula is C20H29NO. The minimum Gasteiger partial charge on any atom is -0.341 e. The molecule has 2 heteroatoms. The minimum atomic E-state index is 0.239. The first-order chi connectivity index (χ1) is 10.4. The second-order valence-electron chi connectivity index (χ2n) is 8.18. The van der Waals surface area contributed by atoms with Crippen molar-refractivity contribution < 1.29 is 4.79 Å². The summed E-state index contributed by atoms with van der Waals surface area (Å²) < 4.78 is 0. The molecule has 0 radical (unpaired) electrons. The van der Waals surface area contributed by atoms with Crippen molar-refractivity contribution in [2.45, 2.75) is 58.9 Å². The van der Waals surface area contributed by atoms with Crippen molar-refractivity contribution in [1.29, 1.82) is 0 Å². The predicted octanol–water partition coefficient (Wildman–Crippen LogP) is 4.56. The van der Waals surface area contributed by atoms with Crippen LogP contribution in [0, 0.1) is 24.2 Å². The van der Waals surface area contributed by atoms with Gasteiger partial charge in [0.1, 0.15) is 0 Å². The van der Waals surface area contributed by atoms with Crippen LogP contribution < -0.4 is 0 Å². The Morgan fingerprint density at radius 3 is 2.36 bits per heavy atom. The molecule has 2 aliphatic rings. The quantitative estimate of drug-likeness (QED) is 0.798. The molecule has 2 unspecified atom stereocenters. The fourth-order valence-corrected chi connectivity index (χ4v) is 4.73. The van der Waals surface area contributed by atoms with Gasteiger partial charge >= 0.3 is 0 Å². The lowest BCUT2D eigenvalue weighted by molar-refractivity contribution is -0.133. The van der Waals surface area contributed by atoms with Gasteiger partial charge in [-0.1, -0.05) is 49.6 Å². The Hall–Kier alpha value is -1.31. The number of carbonyl (C=O) groups is 1. The van der Waals surface area contributed by atoms with Crippen LogP contribution in [-0.2, 0) is 11.3 Å². The highest BCUT2D eigenvalue weighted by Gasteiger charge is 2.42. The molecule has 2 saturated carbocycles. The fourth-order valence-electron chi connectivity index (χ4n) is 4.73. The van der Waals surface area contributed by atoms with Crippen LogP contribution in [0.25, 0.3) is 0 Å². The molecule has 0 heterocycles. The first-order valence-corrected chi connectivity index (χ1v) is 8.73. The van der Waals surface area contributed by atoms with E-state index in [1.54, 1.807) is 0 Å². The molecule has 2 fully saturated rings. The Bertz CT molecular complexity index is 521. The van der Waals surface area contributed by atoms with Gasteiger partial charge in [0.15, 0.2) is 0 Å². The van der Waals surface area contributed by atoms with Gasteiger partial charge in [-0.25, -0.2) is 0 Å². The van der Waals surface area contributed by atoms with E-state index in [0.29, 0.717) is 5.91 Å². The van der Waals surface area contributed by atoms with Crippen molar-refractivity contribution in [3.05, 3.63) is 35.4 Å². The highest BCUT2D eigenvalue weighted by atomic mass is 16.2. The molecular weight excluding hydrogens is 270 g/mol. The summed E-state index contributed by atoms with van der Waals surface area (Å²) in [6.45, 7) is 5.16. The number of hydrogen-bond acceptors (Lipinski definition) is 1. The van der Waals surface area contributed by atoms with Gasteiger partial charge in [0.25, 0.3) is 0 Å². The second-order valence-corrected chi connectivity index (χ2v) is 8.18. The Morgan fingerprint density at radius 1 is 1.18 bits per heavy atom. The van der Waals surface area contributed by atoms with Gasteiger partial charge in [-0.05, 0) is 49.0 Å². The summed E-state index contributed by atoms with van der Waals surface area (Å²) in [5.41, 5.74) is 2.72. The molecule has 0 N–H and O–H groups in total. The largest absolute Gasteiger partial charge is 0.341 e. The van der Waals surface area contributed by atoms with Gasteiger partial charge in [-0.2, -0.15) is 0 Å². The van der Waals surface area contributed by atoms with Crippen molar-refractivity contribution in [3.63, 3.8) is 0 Å². The highest BCUT2D eigenvalue weighted by molar-refractivity contribution is 5.76. The zero-order chi connectivity index (χ0) is 15.7. The summed E-state index contributed by atoms with van der Waals surface area (Å²) in [5.74, 6) is 2.09. The molecule has 2 nitrogen and oxygen atoms in total. The molecule has 22 heavy (non-hydrogen) atoms. The third kappa shape index (κ3) is 3.53. The Morgan fingerprint density at radius 2 is 1.77 bits per heavy atom. The predicted molar refractivity (Wildman–Crippen MR) is 90.4 cm³/mol. The van der Waals surface area contributed by atoms with Crippen molar-refractivity contribution in [1.82, 2.24) is 4.90 Å². The lowest BCUT2D eigenvalue weighted by atomic mass is 9.68. The van der Waals surface area contributed by atoms with Gasteiger partial charge in [0.2, 0.25) is 5.91 Å². The molecule has 0 saturated heterocycles. The average Bonchev–Trinajstić information content (AvgIpc) is 2.80. The van der Waals surface area contributed by atoms with E-state index >= 15 is 0 Å². The van der Waals surface area contributed by atoms with Crippen LogP contribution in [0.3, 0.4) is 0 Å². The SMILES string of the molecule is Cc1ccc(CN(C)C(=O)CC2(C)CC3CCC(C3)C2)cc1. The van der Waals surface area contributed by atoms with E-state index in [1.165, 1.54) is 43.2 Å². The third-order valence-electron chi connectivity index (χ3n) is 5.76. The molecule has 1 amide bonds. The van der Waals surface area contributed by atoms with Gasteiger partial charge in [-0.3, -0.25) is 4.79 Å². The Balaban J connectivity index is 1.57. The molecule has 120 valence electrons. The zero-order valence-electron chi connectivity index (χ0n) is 14.3. The molecule has 3 rings (SSSR count). The maximum atomic E-state index is 12.6. The van der Waals surface area contributed by atoms with E-state index in [9.17, 15) is 4.79 Å². The molecule has 2 atom stereocenters. The highest BCUT2D eigenvalue weighted by Crippen LogP contribution is 2.52. The molecule has 1 aromatic rings. The van der Waals surface area contributed by atoms with E-state index < -0.39 is 0 Å². The summed E-state index contributed by atoms with van der Waals surface area (Å²) in [5, 5.41) is 0. The topological polar surface area (TPSA) is 20.3 Å². The van der Waals surface area contributed by atoms with Crippen LogP contribution in [-0.4, -0.2) is 17.9 Å². The van der Waals surface area contributed by atoms with Gasteiger partial charge in [0.05, 0.1) is 0 Å². The average molecular weight is 299 g/mol. The van der Waals surface area contributed by atoms with Gasteiger partial charge < -0.3 is 4.90 Å². The van der Waals surface area contributed by atoms with Crippen molar-refractivity contribution in [2.24, 2.45) is 17.3 Å². The first kappa shape index (κ1) is 15.6. The lowest BCUT2D eigenvalue weighted by Crippen LogP contribution is -2.35. The smallest absolute Gasteiger partial charge is 0.223 e. The summed E-state index contributed by atoms with van der Waals surface area (Å²) in [6.07, 6.45) is 7.45. The summed E-state index contributed by atoms with van der Waals surface area (Å²) in [4.78, 5) is 14.6.